The number of nitrogens with one attached hydrogen (secondary N) is 1. The van der Waals surface area contributed by atoms with Crippen molar-refractivity contribution in [2.75, 3.05) is 6.61 Å². The monoisotopic (exact) mass is 327 g/mol. The summed E-state index contributed by atoms with van der Waals surface area (Å²) in [6, 6.07) is 11.4. The minimum atomic E-state index is -0.124. The predicted molar refractivity (Wildman–Crippen MR) is 93.8 cm³/mol. The normalized spacial score (nSPS) is 17.7. The van der Waals surface area contributed by atoms with Gasteiger partial charge in [0.1, 0.15) is 5.75 Å². The number of aromatic nitrogens is 1. The molecule has 1 aromatic carbocycles. The van der Waals surface area contributed by atoms with Gasteiger partial charge in [-0.05, 0) is 61.2 Å². The second-order valence-corrected chi connectivity index (χ2v) is 5.98. The highest BCUT2D eigenvalue weighted by Gasteiger charge is 2.24. The molecule has 1 aliphatic heterocycles. The van der Waals surface area contributed by atoms with Crippen LogP contribution in [0.25, 0.3) is 6.08 Å². The third-order valence-electron chi connectivity index (χ3n) is 3.29. The quantitative estimate of drug-likeness (QED) is 0.877. The number of thioether (sulfide) groups is 1. The van der Waals surface area contributed by atoms with Crippen LogP contribution in [0.2, 0.25) is 0 Å². The van der Waals surface area contributed by atoms with Crippen molar-refractivity contribution in [3.8, 4) is 5.75 Å². The number of aryl methyl sites for hydroxylation is 1. The standard InChI is InChI=1S/C17H17N3O2S/c1-3-22-14-8-6-12(7-9-14)18-17-19-16(21)15(23-17)11-13-5-4-10-20(13)2/h4-11H,3H2,1-2H3,(H,18,19,21). The zero-order valence-electron chi connectivity index (χ0n) is 12.9. The first kappa shape index (κ1) is 15.4. The number of rotatable bonds is 4. The molecule has 1 amide bonds. The van der Waals surface area contributed by atoms with Gasteiger partial charge in [0.2, 0.25) is 0 Å². The van der Waals surface area contributed by atoms with Crippen LogP contribution in [-0.2, 0) is 11.8 Å². The van der Waals surface area contributed by atoms with Crippen LogP contribution in [-0.4, -0.2) is 22.2 Å². The Bertz CT molecular complexity index is 775. The van der Waals surface area contributed by atoms with Crippen LogP contribution in [0.4, 0.5) is 5.69 Å². The van der Waals surface area contributed by atoms with E-state index >= 15 is 0 Å². The fourth-order valence-electron chi connectivity index (χ4n) is 2.14. The van der Waals surface area contributed by atoms with Crippen molar-refractivity contribution in [1.82, 2.24) is 9.88 Å². The lowest BCUT2D eigenvalue weighted by Crippen LogP contribution is -2.19. The molecule has 0 atom stereocenters. The van der Waals surface area contributed by atoms with E-state index in [4.69, 9.17) is 4.74 Å². The smallest absolute Gasteiger partial charge is 0.264 e. The van der Waals surface area contributed by atoms with Gasteiger partial charge in [0.25, 0.3) is 5.91 Å². The number of nitrogens with zero attached hydrogens (tertiary/aromatic N) is 2. The number of amides is 1. The number of benzene rings is 1. The lowest BCUT2D eigenvalue weighted by Gasteiger charge is -2.02. The minimum absolute atomic E-state index is 0.124. The second-order valence-electron chi connectivity index (χ2n) is 4.95. The van der Waals surface area contributed by atoms with Crippen LogP contribution in [0.3, 0.4) is 0 Å². The number of carbonyl (C=O) groups is 1. The summed E-state index contributed by atoms with van der Waals surface area (Å²) in [5, 5.41) is 3.37. The number of hydrogen-bond acceptors (Lipinski definition) is 4. The summed E-state index contributed by atoms with van der Waals surface area (Å²) in [7, 11) is 1.94. The highest BCUT2D eigenvalue weighted by atomic mass is 32.2. The van der Waals surface area contributed by atoms with Gasteiger partial charge in [-0.2, -0.15) is 0 Å². The molecule has 23 heavy (non-hydrogen) atoms. The van der Waals surface area contributed by atoms with Gasteiger partial charge in [0.05, 0.1) is 17.2 Å². The van der Waals surface area contributed by atoms with Crippen molar-refractivity contribution in [2.45, 2.75) is 6.92 Å². The maximum atomic E-state index is 12.0. The Hall–Kier alpha value is -2.47. The summed E-state index contributed by atoms with van der Waals surface area (Å²) < 4.78 is 7.36. The first-order valence-corrected chi connectivity index (χ1v) is 8.11. The molecule has 2 aromatic rings. The largest absolute Gasteiger partial charge is 0.494 e. The van der Waals surface area contributed by atoms with E-state index in [2.05, 4.69) is 10.3 Å². The fraction of sp³-hybridized carbons (Fsp3) is 0.176. The molecule has 0 radical (unpaired) electrons. The molecule has 6 heteroatoms. The lowest BCUT2D eigenvalue weighted by molar-refractivity contribution is -0.115. The summed E-state index contributed by atoms with van der Waals surface area (Å²) in [6.07, 6.45) is 3.81. The second kappa shape index (κ2) is 6.75. The molecule has 1 aromatic heterocycles. The Morgan fingerprint density at radius 1 is 1.30 bits per heavy atom. The van der Waals surface area contributed by atoms with Crippen molar-refractivity contribution >= 4 is 34.6 Å². The zero-order valence-corrected chi connectivity index (χ0v) is 13.8. The number of carbonyl (C=O) groups excluding carboxylic acids is 1. The van der Waals surface area contributed by atoms with Gasteiger partial charge in [-0.25, -0.2) is 4.99 Å². The molecule has 1 fully saturated rings. The minimum Gasteiger partial charge on any atom is -0.494 e. The van der Waals surface area contributed by atoms with Gasteiger partial charge in [-0.1, -0.05) is 0 Å². The van der Waals surface area contributed by atoms with Crippen LogP contribution in [0.15, 0.2) is 52.5 Å². The van der Waals surface area contributed by atoms with Gasteiger partial charge in [0.15, 0.2) is 5.17 Å². The molecule has 1 N–H and O–H groups in total. The van der Waals surface area contributed by atoms with Crippen LogP contribution in [0.1, 0.15) is 12.6 Å². The van der Waals surface area contributed by atoms with E-state index in [-0.39, 0.29) is 5.91 Å². The predicted octanol–water partition coefficient (Wildman–Crippen LogP) is 3.32. The van der Waals surface area contributed by atoms with Gasteiger partial charge in [-0.3, -0.25) is 4.79 Å². The summed E-state index contributed by atoms with van der Waals surface area (Å²) in [5.41, 5.74) is 1.75. The number of amidine groups is 1. The number of ether oxygens (including phenoxy) is 1. The Balaban J connectivity index is 1.76. The van der Waals surface area contributed by atoms with Crippen molar-refractivity contribution < 1.29 is 9.53 Å². The van der Waals surface area contributed by atoms with Crippen LogP contribution >= 0.6 is 11.8 Å². The molecule has 1 saturated heterocycles. The van der Waals surface area contributed by atoms with Gasteiger partial charge in [-0.15, -0.1) is 0 Å². The lowest BCUT2D eigenvalue weighted by atomic mass is 10.3. The maximum Gasteiger partial charge on any atom is 0.264 e. The molecule has 0 unspecified atom stereocenters. The van der Waals surface area contributed by atoms with Crippen molar-refractivity contribution in [3.63, 3.8) is 0 Å². The average molecular weight is 327 g/mol. The molecule has 118 valence electrons. The molecular weight excluding hydrogens is 310 g/mol. The first-order valence-electron chi connectivity index (χ1n) is 7.29. The average Bonchev–Trinajstić information content (AvgIpc) is 3.08. The van der Waals surface area contributed by atoms with E-state index in [0.717, 1.165) is 17.1 Å². The van der Waals surface area contributed by atoms with Crippen molar-refractivity contribution in [1.29, 1.82) is 0 Å². The topological polar surface area (TPSA) is 55.6 Å². The Labute approximate surface area is 139 Å². The van der Waals surface area contributed by atoms with E-state index in [0.29, 0.717) is 16.7 Å². The van der Waals surface area contributed by atoms with Crippen LogP contribution < -0.4 is 10.1 Å². The summed E-state index contributed by atoms with van der Waals surface area (Å²) in [4.78, 5) is 17.1. The highest BCUT2D eigenvalue weighted by Crippen LogP contribution is 2.28. The first-order chi connectivity index (χ1) is 11.2. The third kappa shape index (κ3) is 3.65. The van der Waals surface area contributed by atoms with Crippen molar-refractivity contribution in [3.05, 3.63) is 53.2 Å². The number of aliphatic imine (C=N–C) groups is 1. The fourth-order valence-corrected chi connectivity index (χ4v) is 2.97. The molecule has 3 rings (SSSR count). The maximum absolute atomic E-state index is 12.0. The molecule has 0 spiro atoms. The number of hydrogen-bond donors (Lipinski definition) is 1. The Kier molecular flexibility index (Phi) is 4.52. The molecule has 5 nitrogen and oxygen atoms in total. The summed E-state index contributed by atoms with van der Waals surface area (Å²) in [6.45, 7) is 2.58. The van der Waals surface area contributed by atoms with E-state index < -0.39 is 0 Å². The van der Waals surface area contributed by atoms with E-state index in [1.54, 1.807) is 0 Å². The Morgan fingerprint density at radius 3 is 2.74 bits per heavy atom. The van der Waals surface area contributed by atoms with Crippen molar-refractivity contribution in [2.24, 2.45) is 12.0 Å². The summed E-state index contributed by atoms with van der Waals surface area (Å²) in [5.74, 6) is 0.685. The molecular formula is C17H17N3O2S. The molecule has 0 aliphatic carbocycles. The van der Waals surface area contributed by atoms with E-state index in [1.807, 2.05) is 67.2 Å². The van der Waals surface area contributed by atoms with Crippen LogP contribution in [0.5, 0.6) is 5.75 Å². The van der Waals surface area contributed by atoms with E-state index in [9.17, 15) is 4.79 Å². The third-order valence-corrected chi connectivity index (χ3v) is 4.20. The SMILES string of the molecule is CCOc1ccc(N=C2NC(=O)C(=Cc3cccn3C)S2)cc1. The molecule has 0 bridgehead atoms. The zero-order chi connectivity index (χ0) is 16.2. The summed E-state index contributed by atoms with van der Waals surface area (Å²) >= 11 is 1.34. The molecule has 2 heterocycles. The van der Waals surface area contributed by atoms with Gasteiger partial charge in [0, 0.05) is 18.9 Å². The highest BCUT2D eigenvalue weighted by molar-refractivity contribution is 8.18. The van der Waals surface area contributed by atoms with E-state index in [1.165, 1.54) is 11.8 Å². The Morgan fingerprint density at radius 2 is 2.09 bits per heavy atom. The van der Waals surface area contributed by atoms with Gasteiger partial charge >= 0.3 is 0 Å². The van der Waals surface area contributed by atoms with Crippen LogP contribution in [0, 0.1) is 0 Å². The molecule has 1 aliphatic rings. The van der Waals surface area contributed by atoms with Gasteiger partial charge < -0.3 is 14.6 Å². The molecule has 0 saturated carbocycles.